The Hall–Kier alpha value is -1.08. The monoisotopic (exact) mass is 379 g/mol. The van der Waals surface area contributed by atoms with Gasteiger partial charge in [0, 0.05) is 10.7 Å². The summed E-state index contributed by atoms with van der Waals surface area (Å²) in [5.41, 5.74) is -0.128. The van der Waals surface area contributed by atoms with Crippen LogP contribution >= 0.6 is 31.9 Å². The quantitative estimate of drug-likeness (QED) is 0.557. The van der Waals surface area contributed by atoms with Gasteiger partial charge < -0.3 is 4.74 Å². The topological polar surface area (TPSA) is 39.2 Å². The molecule has 0 aliphatic heterocycles. The van der Waals surface area contributed by atoms with Crippen molar-refractivity contribution in [1.29, 1.82) is 0 Å². The minimum Gasteiger partial charge on any atom is -0.465 e. The Balaban J connectivity index is 2.89. The van der Waals surface area contributed by atoms with Gasteiger partial charge in [0.1, 0.15) is 11.3 Å². The lowest BCUT2D eigenvalue weighted by molar-refractivity contribution is 0.0599. The molecule has 0 saturated heterocycles. The van der Waals surface area contributed by atoms with Crippen molar-refractivity contribution < 1.29 is 18.3 Å². The molecule has 0 aliphatic carbocycles. The van der Waals surface area contributed by atoms with Crippen molar-refractivity contribution in [2.24, 2.45) is 0 Å². The molecular formula is C11H5Br2F2NO2. The van der Waals surface area contributed by atoms with E-state index in [1.54, 1.807) is 0 Å². The zero-order valence-electron chi connectivity index (χ0n) is 8.93. The van der Waals surface area contributed by atoms with Gasteiger partial charge in [-0.1, -0.05) is 0 Å². The number of hydrogen-bond acceptors (Lipinski definition) is 3. The second kappa shape index (κ2) is 4.89. The second-order valence-corrected chi connectivity index (χ2v) is 5.00. The molecular weight excluding hydrogens is 376 g/mol. The van der Waals surface area contributed by atoms with Crippen molar-refractivity contribution >= 4 is 48.7 Å². The Morgan fingerprint density at radius 1 is 1.39 bits per heavy atom. The Morgan fingerprint density at radius 2 is 2.06 bits per heavy atom. The lowest BCUT2D eigenvalue weighted by Crippen LogP contribution is -2.05. The fraction of sp³-hybridized carbons (Fsp3) is 0.0909. The summed E-state index contributed by atoms with van der Waals surface area (Å²) >= 11 is 5.97. The van der Waals surface area contributed by atoms with E-state index in [9.17, 15) is 13.6 Å². The first-order valence-electron chi connectivity index (χ1n) is 4.67. The molecule has 0 bridgehead atoms. The van der Waals surface area contributed by atoms with Crippen molar-refractivity contribution in [2.45, 2.75) is 0 Å². The number of esters is 1. The third kappa shape index (κ3) is 2.01. The summed E-state index contributed by atoms with van der Waals surface area (Å²) in [7, 11) is 1.19. The first-order chi connectivity index (χ1) is 8.47. The number of nitrogens with zero attached hydrogens (tertiary/aromatic N) is 1. The van der Waals surface area contributed by atoms with Gasteiger partial charge in [0.25, 0.3) is 0 Å². The van der Waals surface area contributed by atoms with E-state index in [1.165, 1.54) is 7.11 Å². The van der Waals surface area contributed by atoms with Crippen molar-refractivity contribution in [3.05, 3.63) is 38.4 Å². The van der Waals surface area contributed by atoms with Crippen LogP contribution in [0.2, 0.25) is 0 Å². The average Bonchev–Trinajstić information content (AvgIpc) is 2.35. The first-order valence-corrected chi connectivity index (χ1v) is 6.26. The molecule has 0 fully saturated rings. The number of pyridine rings is 1. The zero-order chi connectivity index (χ0) is 13.4. The standard InChI is InChI=1S/C11H5Br2F2NO2/c1-18-11(17)4-3-16-10-6(14)2-5(12)9(15)7(10)8(4)13/h2-3H,1H3. The second-order valence-electron chi connectivity index (χ2n) is 3.36. The van der Waals surface area contributed by atoms with E-state index in [-0.39, 0.29) is 25.4 Å². The highest BCUT2D eigenvalue weighted by Crippen LogP contribution is 2.33. The Bertz CT molecular complexity index is 661. The number of aromatic nitrogens is 1. The van der Waals surface area contributed by atoms with Gasteiger partial charge >= 0.3 is 5.97 Å². The van der Waals surface area contributed by atoms with E-state index >= 15 is 0 Å². The molecule has 1 aromatic heterocycles. The maximum atomic E-state index is 14.0. The first kappa shape index (κ1) is 13.4. The molecule has 1 heterocycles. The Labute approximate surface area is 117 Å². The molecule has 0 radical (unpaired) electrons. The van der Waals surface area contributed by atoms with Crippen LogP contribution < -0.4 is 0 Å². The van der Waals surface area contributed by atoms with Gasteiger partial charge in [-0.25, -0.2) is 13.6 Å². The van der Waals surface area contributed by atoms with Crippen molar-refractivity contribution in [2.75, 3.05) is 7.11 Å². The number of halogens is 4. The van der Waals surface area contributed by atoms with Crippen LogP contribution in [0.4, 0.5) is 8.78 Å². The van der Waals surface area contributed by atoms with Crippen LogP contribution in [0.15, 0.2) is 21.2 Å². The number of ether oxygens (including phenoxy) is 1. The predicted octanol–water partition coefficient (Wildman–Crippen LogP) is 3.82. The molecule has 2 rings (SSSR count). The number of hydrogen-bond donors (Lipinski definition) is 0. The summed E-state index contributed by atoms with van der Waals surface area (Å²) in [6.45, 7) is 0. The molecule has 3 nitrogen and oxygen atoms in total. The van der Waals surface area contributed by atoms with Gasteiger partial charge in [-0.15, -0.1) is 0 Å². The summed E-state index contributed by atoms with van der Waals surface area (Å²) in [5, 5.41) is -0.107. The van der Waals surface area contributed by atoms with Crippen molar-refractivity contribution in [3.63, 3.8) is 0 Å². The summed E-state index contributed by atoms with van der Waals surface area (Å²) in [6, 6.07) is 0.981. The highest BCUT2D eigenvalue weighted by atomic mass is 79.9. The van der Waals surface area contributed by atoms with Gasteiger partial charge in [0.2, 0.25) is 0 Å². The van der Waals surface area contributed by atoms with Crippen LogP contribution in [0.25, 0.3) is 10.9 Å². The van der Waals surface area contributed by atoms with Crippen molar-refractivity contribution in [3.8, 4) is 0 Å². The van der Waals surface area contributed by atoms with E-state index < -0.39 is 17.6 Å². The number of rotatable bonds is 1. The van der Waals surface area contributed by atoms with Gasteiger partial charge in [0.15, 0.2) is 5.82 Å². The van der Waals surface area contributed by atoms with Crippen LogP contribution in [0.5, 0.6) is 0 Å². The fourth-order valence-electron chi connectivity index (χ4n) is 1.48. The largest absolute Gasteiger partial charge is 0.465 e. The lowest BCUT2D eigenvalue weighted by atomic mass is 10.1. The summed E-state index contributed by atoms with van der Waals surface area (Å²) < 4.78 is 32.2. The zero-order valence-corrected chi connectivity index (χ0v) is 12.1. The third-order valence-corrected chi connectivity index (χ3v) is 3.73. The molecule has 0 atom stereocenters. The Kier molecular flexibility index (Phi) is 3.63. The average molecular weight is 381 g/mol. The smallest absolute Gasteiger partial charge is 0.340 e. The van der Waals surface area contributed by atoms with Crippen LogP contribution in [-0.2, 0) is 4.74 Å². The van der Waals surface area contributed by atoms with Gasteiger partial charge in [0.05, 0.1) is 22.5 Å². The molecule has 0 saturated carbocycles. The Morgan fingerprint density at radius 3 is 2.67 bits per heavy atom. The number of benzene rings is 1. The van der Waals surface area contributed by atoms with E-state index in [1.807, 2.05) is 0 Å². The fourth-order valence-corrected chi connectivity index (χ4v) is 2.51. The SMILES string of the molecule is COC(=O)c1cnc2c(F)cc(Br)c(F)c2c1Br. The highest BCUT2D eigenvalue weighted by molar-refractivity contribution is 9.11. The van der Waals surface area contributed by atoms with Gasteiger partial charge in [-0.05, 0) is 37.9 Å². The predicted molar refractivity (Wildman–Crippen MR) is 68.4 cm³/mol. The summed E-state index contributed by atoms with van der Waals surface area (Å²) in [5.74, 6) is -2.07. The summed E-state index contributed by atoms with van der Waals surface area (Å²) in [6.07, 6.45) is 1.13. The molecule has 1 aromatic carbocycles. The molecule has 18 heavy (non-hydrogen) atoms. The minimum absolute atomic E-state index is 0.0291. The molecule has 0 amide bonds. The van der Waals surface area contributed by atoms with E-state index in [2.05, 4.69) is 41.6 Å². The van der Waals surface area contributed by atoms with Crippen molar-refractivity contribution in [1.82, 2.24) is 4.98 Å². The molecule has 0 unspecified atom stereocenters. The molecule has 0 aliphatic rings. The minimum atomic E-state index is -0.698. The maximum Gasteiger partial charge on any atom is 0.340 e. The maximum absolute atomic E-state index is 14.0. The third-order valence-electron chi connectivity index (χ3n) is 2.33. The molecule has 0 spiro atoms. The van der Waals surface area contributed by atoms with E-state index in [0.717, 1.165) is 12.3 Å². The van der Waals surface area contributed by atoms with Crippen LogP contribution in [-0.4, -0.2) is 18.1 Å². The number of carbonyl (C=O) groups is 1. The highest BCUT2D eigenvalue weighted by Gasteiger charge is 2.20. The molecule has 7 heteroatoms. The van der Waals surface area contributed by atoms with Gasteiger partial charge in [-0.3, -0.25) is 4.98 Å². The molecule has 94 valence electrons. The molecule has 0 N–H and O–H groups in total. The normalized spacial score (nSPS) is 10.7. The van der Waals surface area contributed by atoms with E-state index in [0.29, 0.717) is 0 Å². The number of methoxy groups -OCH3 is 1. The lowest BCUT2D eigenvalue weighted by Gasteiger charge is -2.08. The van der Waals surface area contributed by atoms with E-state index in [4.69, 9.17) is 0 Å². The number of carbonyl (C=O) groups excluding carboxylic acids is 1. The number of fused-ring (bicyclic) bond motifs is 1. The van der Waals surface area contributed by atoms with Crippen LogP contribution in [0, 0.1) is 11.6 Å². The van der Waals surface area contributed by atoms with Crippen LogP contribution in [0.1, 0.15) is 10.4 Å². The summed E-state index contributed by atoms with van der Waals surface area (Å²) in [4.78, 5) is 15.2. The molecule has 2 aromatic rings. The van der Waals surface area contributed by atoms with Crippen LogP contribution in [0.3, 0.4) is 0 Å². The van der Waals surface area contributed by atoms with Gasteiger partial charge in [-0.2, -0.15) is 0 Å².